The topological polar surface area (TPSA) is 82.6 Å². The van der Waals surface area contributed by atoms with Crippen molar-refractivity contribution >= 4 is 22.8 Å². The van der Waals surface area contributed by atoms with Crippen LogP contribution in [0.15, 0.2) is 24.3 Å². The van der Waals surface area contributed by atoms with Gasteiger partial charge in [-0.1, -0.05) is 0 Å². The zero-order valence-corrected chi connectivity index (χ0v) is 13.9. The van der Waals surface area contributed by atoms with Crippen molar-refractivity contribution in [3.63, 3.8) is 0 Å². The number of piperidine rings is 1. The van der Waals surface area contributed by atoms with Gasteiger partial charge in [0.25, 0.3) is 5.91 Å². The molecule has 1 unspecified atom stereocenters. The van der Waals surface area contributed by atoms with Crippen molar-refractivity contribution in [1.82, 2.24) is 9.88 Å². The number of aromatic nitrogens is 1. The number of ether oxygens (including phenoxy) is 1. The molecule has 1 atom stereocenters. The van der Waals surface area contributed by atoms with Crippen molar-refractivity contribution in [2.45, 2.75) is 26.1 Å². The molecule has 9 heteroatoms. The van der Waals surface area contributed by atoms with Crippen molar-refractivity contribution in [2.24, 2.45) is 5.41 Å². The second-order valence-corrected chi connectivity index (χ2v) is 6.68. The maximum atomic E-state index is 12.7. The summed E-state index contributed by atoms with van der Waals surface area (Å²) >= 11 is 0. The summed E-state index contributed by atoms with van der Waals surface area (Å²) in [5.74, 6) is -1.73. The minimum absolute atomic E-state index is 0.0823. The second-order valence-electron chi connectivity index (χ2n) is 6.68. The quantitative estimate of drug-likeness (QED) is 0.868. The summed E-state index contributed by atoms with van der Waals surface area (Å²) in [6.07, 6.45) is -3.75. The van der Waals surface area contributed by atoms with Gasteiger partial charge >= 0.3 is 12.3 Å². The number of amides is 1. The molecule has 1 aromatic heterocycles. The van der Waals surface area contributed by atoms with Crippen molar-refractivity contribution in [3.05, 3.63) is 30.0 Å². The first-order valence-electron chi connectivity index (χ1n) is 7.99. The summed E-state index contributed by atoms with van der Waals surface area (Å²) in [5, 5.41) is 9.91. The van der Waals surface area contributed by atoms with Crippen LogP contribution in [0.4, 0.5) is 13.2 Å². The van der Waals surface area contributed by atoms with Gasteiger partial charge in [-0.2, -0.15) is 0 Å². The lowest BCUT2D eigenvalue weighted by molar-refractivity contribution is -0.274. The number of halogens is 3. The highest BCUT2D eigenvalue weighted by molar-refractivity contribution is 5.98. The SMILES string of the molecule is CC1(C(=O)O)CCCN(C(=O)c2cc3ccc(OC(F)(F)F)cc3[nH]2)C1. The number of aromatic amines is 1. The Morgan fingerprint density at radius 2 is 2.04 bits per heavy atom. The van der Waals surface area contributed by atoms with Crippen LogP contribution in [0, 0.1) is 5.41 Å². The van der Waals surface area contributed by atoms with Gasteiger partial charge in [0, 0.05) is 30.1 Å². The van der Waals surface area contributed by atoms with Gasteiger partial charge in [-0.15, -0.1) is 13.2 Å². The van der Waals surface area contributed by atoms with Gasteiger partial charge in [0.05, 0.1) is 5.41 Å². The molecule has 1 aromatic carbocycles. The molecule has 1 aliphatic heterocycles. The first-order valence-corrected chi connectivity index (χ1v) is 7.99. The number of aliphatic carboxylic acids is 1. The highest BCUT2D eigenvalue weighted by Crippen LogP contribution is 2.31. The molecule has 1 fully saturated rings. The molecule has 0 aliphatic carbocycles. The van der Waals surface area contributed by atoms with E-state index in [0.717, 1.165) is 6.07 Å². The number of carboxylic acids is 1. The second kappa shape index (κ2) is 6.22. The number of benzene rings is 1. The van der Waals surface area contributed by atoms with E-state index >= 15 is 0 Å². The molecule has 0 saturated carbocycles. The lowest BCUT2D eigenvalue weighted by Gasteiger charge is -2.37. The van der Waals surface area contributed by atoms with Crippen molar-refractivity contribution in [2.75, 3.05) is 13.1 Å². The number of fused-ring (bicyclic) bond motifs is 1. The molecular weight excluding hydrogens is 353 g/mol. The highest BCUT2D eigenvalue weighted by atomic mass is 19.4. The van der Waals surface area contributed by atoms with Crippen LogP contribution >= 0.6 is 0 Å². The molecule has 0 spiro atoms. The van der Waals surface area contributed by atoms with E-state index in [9.17, 15) is 27.9 Å². The van der Waals surface area contributed by atoms with Crippen LogP contribution in [0.2, 0.25) is 0 Å². The van der Waals surface area contributed by atoms with Gasteiger partial charge in [0.2, 0.25) is 0 Å². The summed E-state index contributed by atoms with van der Waals surface area (Å²) in [4.78, 5) is 28.3. The van der Waals surface area contributed by atoms with E-state index < -0.39 is 17.7 Å². The number of carboxylic acid groups (broad SMARTS) is 1. The van der Waals surface area contributed by atoms with Crippen LogP contribution < -0.4 is 4.74 Å². The Labute approximate surface area is 146 Å². The van der Waals surface area contributed by atoms with Gasteiger partial charge in [-0.25, -0.2) is 0 Å². The number of carbonyl (C=O) groups is 2. The standard InChI is InChI=1S/C17H17F3N2O4/c1-16(15(24)25)5-2-6-22(9-16)14(23)13-7-10-3-4-11(8-12(10)21-13)26-17(18,19)20/h3-4,7-8,21H,2,5-6,9H2,1H3,(H,24,25). The number of nitrogens with one attached hydrogen (secondary N) is 1. The molecule has 0 radical (unpaired) electrons. The number of H-pyrrole nitrogens is 1. The Morgan fingerprint density at radius 3 is 2.69 bits per heavy atom. The predicted octanol–water partition coefficient (Wildman–Crippen LogP) is 3.39. The van der Waals surface area contributed by atoms with E-state index in [4.69, 9.17) is 0 Å². The monoisotopic (exact) mass is 370 g/mol. The number of nitrogens with zero attached hydrogens (tertiary/aromatic N) is 1. The van der Waals surface area contributed by atoms with Crippen molar-refractivity contribution in [1.29, 1.82) is 0 Å². The third-order valence-electron chi connectivity index (χ3n) is 4.56. The van der Waals surface area contributed by atoms with E-state index in [1.165, 1.54) is 23.1 Å². The Bertz CT molecular complexity index is 861. The molecule has 1 amide bonds. The number of rotatable bonds is 3. The molecular formula is C17H17F3N2O4. The average molecular weight is 370 g/mol. The normalized spacial score (nSPS) is 21.0. The Kier molecular flexibility index (Phi) is 4.33. The maximum Gasteiger partial charge on any atom is 0.573 e. The molecule has 2 aromatic rings. The molecule has 140 valence electrons. The van der Waals surface area contributed by atoms with E-state index in [1.807, 2.05) is 0 Å². The van der Waals surface area contributed by atoms with Gasteiger partial charge in [0.15, 0.2) is 0 Å². The fraction of sp³-hybridized carbons (Fsp3) is 0.412. The first-order chi connectivity index (χ1) is 12.1. The molecule has 6 nitrogen and oxygen atoms in total. The first kappa shape index (κ1) is 18.1. The van der Waals surface area contributed by atoms with Crippen molar-refractivity contribution < 1.29 is 32.6 Å². The van der Waals surface area contributed by atoms with E-state index in [-0.39, 0.29) is 23.9 Å². The Morgan fingerprint density at radius 1 is 1.31 bits per heavy atom. The number of hydrogen-bond donors (Lipinski definition) is 2. The summed E-state index contributed by atoms with van der Waals surface area (Å²) in [7, 11) is 0. The van der Waals surface area contributed by atoms with Crippen LogP contribution in [0.1, 0.15) is 30.3 Å². The minimum atomic E-state index is -4.80. The molecule has 1 saturated heterocycles. The van der Waals surface area contributed by atoms with Crippen LogP contribution in [0.25, 0.3) is 10.9 Å². The number of carbonyl (C=O) groups excluding carboxylic acids is 1. The summed E-state index contributed by atoms with van der Waals surface area (Å²) < 4.78 is 40.8. The van der Waals surface area contributed by atoms with E-state index in [1.54, 1.807) is 6.92 Å². The molecule has 3 rings (SSSR count). The zero-order valence-electron chi connectivity index (χ0n) is 13.9. The number of hydrogen-bond acceptors (Lipinski definition) is 3. The Balaban J connectivity index is 1.83. The van der Waals surface area contributed by atoms with Gasteiger partial charge < -0.3 is 19.7 Å². The largest absolute Gasteiger partial charge is 0.573 e. The van der Waals surface area contributed by atoms with E-state index in [0.29, 0.717) is 30.3 Å². The highest BCUT2D eigenvalue weighted by Gasteiger charge is 2.39. The zero-order chi connectivity index (χ0) is 19.1. The molecule has 2 heterocycles. The van der Waals surface area contributed by atoms with Crippen molar-refractivity contribution in [3.8, 4) is 5.75 Å². The van der Waals surface area contributed by atoms with E-state index in [2.05, 4.69) is 9.72 Å². The third kappa shape index (κ3) is 3.61. The fourth-order valence-electron chi connectivity index (χ4n) is 3.18. The summed E-state index contributed by atoms with van der Waals surface area (Å²) in [6.45, 7) is 2.11. The van der Waals surface area contributed by atoms with Crippen LogP contribution in [0.3, 0.4) is 0 Å². The van der Waals surface area contributed by atoms with Crippen LogP contribution in [-0.2, 0) is 4.79 Å². The number of likely N-dealkylation sites (tertiary alicyclic amines) is 1. The summed E-state index contributed by atoms with van der Waals surface area (Å²) in [6, 6.07) is 5.28. The molecule has 1 aliphatic rings. The predicted molar refractivity (Wildman–Crippen MR) is 85.9 cm³/mol. The lowest BCUT2D eigenvalue weighted by atomic mass is 9.82. The Hall–Kier alpha value is -2.71. The van der Waals surface area contributed by atoms with Crippen LogP contribution in [-0.4, -0.2) is 46.3 Å². The smallest absolute Gasteiger partial charge is 0.481 e. The van der Waals surface area contributed by atoms with Gasteiger partial charge in [0.1, 0.15) is 11.4 Å². The van der Waals surface area contributed by atoms with Crippen LogP contribution in [0.5, 0.6) is 5.75 Å². The number of alkyl halides is 3. The lowest BCUT2D eigenvalue weighted by Crippen LogP contribution is -2.48. The molecule has 26 heavy (non-hydrogen) atoms. The van der Waals surface area contributed by atoms with Gasteiger partial charge in [-0.05, 0) is 38.0 Å². The summed E-state index contributed by atoms with van der Waals surface area (Å²) in [5.41, 5.74) is -0.486. The third-order valence-corrected chi connectivity index (χ3v) is 4.56. The molecule has 2 N–H and O–H groups in total. The maximum absolute atomic E-state index is 12.7. The average Bonchev–Trinajstić information content (AvgIpc) is 2.95. The molecule has 0 bridgehead atoms. The fourth-order valence-corrected chi connectivity index (χ4v) is 3.18. The van der Waals surface area contributed by atoms with Gasteiger partial charge in [-0.3, -0.25) is 9.59 Å². The minimum Gasteiger partial charge on any atom is -0.481 e.